The van der Waals surface area contributed by atoms with E-state index in [0.29, 0.717) is 36.1 Å². The van der Waals surface area contributed by atoms with Crippen LogP contribution in [0.3, 0.4) is 0 Å². The average Bonchev–Trinajstić information content (AvgIpc) is 3.29. The number of carboxylic acid groups (broad SMARTS) is 1. The molecule has 0 aliphatic heterocycles. The van der Waals surface area contributed by atoms with Crippen LogP contribution < -0.4 is 10.2 Å². The summed E-state index contributed by atoms with van der Waals surface area (Å²) in [7, 11) is 0. The number of H-pyrrole nitrogens is 1. The van der Waals surface area contributed by atoms with Gasteiger partial charge in [-0.2, -0.15) is 0 Å². The molecule has 1 heterocycles. The maximum Gasteiger partial charge on any atom is 0.407 e. The summed E-state index contributed by atoms with van der Waals surface area (Å²) in [5, 5.41) is 23.8. The lowest BCUT2D eigenvalue weighted by Gasteiger charge is -2.31. The highest BCUT2D eigenvalue weighted by Crippen LogP contribution is 2.28. The van der Waals surface area contributed by atoms with Crippen LogP contribution >= 0.6 is 11.3 Å². The van der Waals surface area contributed by atoms with E-state index in [2.05, 4.69) is 48.4 Å². The largest absolute Gasteiger partial charge is 0.506 e. The molecule has 0 bridgehead atoms. The predicted octanol–water partition coefficient (Wildman–Crippen LogP) is 5.00. The van der Waals surface area contributed by atoms with E-state index in [9.17, 15) is 19.8 Å². The number of fused-ring (bicyclic) bond motifs is 1. The zero-order valence-corrected chi connectivity index (χ0v) is 21.9. The minimum atomic E-state index is -0.987. The van der Waals surface area contributed by atoms with E-state index < -0.39 is 6.09 Å². The van der Waals surface area contributed by atoms with Crippen LogP contribution in [-0.4, -0.2) is 51.9 Å². The van der Waals surface area contributed by atoms with Crippen LogP contribution in [0.2, 0.25) is 0 Å². The van der Waals surface area contributed by atoms with Gasteiger partial charge in [0.25, 0.3) is 0 Å². The third kappa shape index (κ3) is 6.78. The van der Waals surface area contributed by atoms with Crippen molar-refractivity contribution in [3.63, 3.8) is 0 Å². The highest BCUT2D eigenvalue weighted by molar-refractivity contribution is 7.16. The molecule has 0 aliphatic carbocycles. The van der Waals surface area contributed by atoms with Crippen molar-refractivity contribution in [3.8, 4) is 5.75 Å². The van der Waals surface area contributed by atoms with Crippen molar-refractivity contribution in [2.45, 2.75) is 38.1 Å². The molecule has 4 rings (SSSR count). The van der Waals surface area contributed by atoms with Gasteiger partial charge in [-0.05, 0) is 35.6 Å². The molecule has 0 radical (unpaired) electrons. The van der Waals surface area contributed by atoms with Crippen molar-refractivity contribution < 1.29 is 15.0 Å². The lowest BCUT2D eigenvalue weighted by molar-refractivity contribution is 0.139. The quantitative estimate of drug-likeness (QED) is 0.223. The lowest BCUT2D eigenvalue weighted by atomic mass is 9.84. The molecular formula is C29H33N3O4S. The number of phenolic OH excluding ortho intramolecular Hbond substituents is 1. The summed E-state index contributed by atoms with van der Waals surface area (Å²) < 4.78 is 0.666. The summed E-state index contributed by atoms with van der Waals surface area (Å²) in [6.45, 7) is 5.65. The van der Waals surface area contributed by atoms with E-state index in [-0.39, 0.29) is 28.6 Å². The molecule has 0 fully saturated rings. The number of aromatic nitrogens is 1. The molecule has 4 N–H and O–H groups in total. The Morgan fingerprint density at radius 1 is 1.05 bits per heavy atom. The van der Waals surface area contributed by atoms with Gasteiger partial charge in [0.15, 0.2) is 0 Å². The smallest absolute Gasteiger partial charge is 0.407 e. The van der Waals surface area contributed by atoms with Crippen molar-refractivity contribution in [2.24, 2.45) is 0 Å². The van der Waals surface area contributed by atoms with Crippen LogP contribution in [0.25, 0.3) is 10.2 Å². The number of hydrogen-bond donors (Lipinski definition) is 4. The molecule has 7 nitrogen and oxygen atoms in total. The first-order valence-corrected chi connectivity index (χ1v) is 13.2. The third-order valence-corrected chi connectivity index (χ3v) is 7.67. The van der Waals surface area contributed by atoms with E-state index >= 15 is 0 Å². The molecular weight excluding hydrogens is 486 g/mol. The number of thiazole rings is 1. The van der Waals surface area contributed by atoms with Gasteiger partial charge >= 0.3 is 11.0 Å². The van der Waals surface area contributed by atoms with Crippen molar-refractivity contribution in [3.05, 3.63) is 99.2 Å². The van der Waals surface area contributed by atoms with E-state index in [1.54, 1.807) is 6.07 Å². The molecule has 194 valence electrons. The standard InChI is InChI=1S/C29H33N3O4S/c1-29(2,22-11-7-4-8-12-22)19-30-23(17-20-9-5-3-6-10-20)18-32(28(35)36)16-15-21-13-14-24(33)25-26(21)37-27(34)31-25/h3-14,23,30,33H,15-19H2,1-2H3,(H,31,34)(H,35,36). The minimum absolute atomic E-state index is 0.0142. The second-order valence-corrected chi connectivity index (χ2v) is 10.9. The fraction of sp³-hybridized carbons (Fsp3) is 0.310. The first kappa shape index (κ1) is 26.4. The van der Waals surface area contributed by atoms with E-state index in [0.717, 1.165) is 22.5 Å². The van der Waals surface area contributed by atoms with E-state index in [1.165, 1.54) is 16.5 Å². The third-order valence-electron chi connectivity index (χ3n) is 6.71. The van der Waals surface area contributed by atoms with Crippen molar-refractivity contribution in [1.82, 2.24) is 15.2 Å². The number of amides is 1. The van der Waals surface area contributed by atoms with Gasteiger partial charge in [-0.15, -0.1) is 0 Å². The highest BCUT2D eigenvalue weighted by atomic mass is 32.1. The number of hydrogen-bond acceptors (Lipinski definition) is 5. The number of rotatable bonds is 11. The Labute approximate surface area is 220 Å². The summed E-state index contributed by atoms with van der Waals surface area (Å²) >= 11 is 1.03. The zero-order chi connectivity index (χ0) is 26.4. The Morgan fingerprint density at radius 3 is 2.41 bits per heavy atom. The second-order valence-electron chi connectivity index (χ2n) is 9.96. The molecule has 3 aromatic carbocycles. The Hall–Kier alpha value is -3.62. The van der Waals surface area contributed by atoms with Gasteiger partial charge in [0.2, 0.25) is 0 Å². The normalized spacial score (nSPS) is 12.5. The van der Waals surface area contributed by atoms with Gasteiger partial charge in [-0.1, -0.05) is 91.9 Å². The topological polar surface area (TPSA) is 106 Å². The summed E-state index contributed by atoms with van der Waals surface area (Å²) in [6.07, 6.45) is 0.141. The van der Waals surface area contributed by atoms with Gasteiger partial charge in [0.05, 0.1) is 4.70 Å². The first-order chi connectivity index (χ1) is 17.7. The Balaban J connectivity index is 1.50. The minimum Gasteiger partial charge on any atom is -0.506 e. The van der Waals surface area contributed by atoms with E-state index in [4.69, 9.17) is 0 Å². The number of phenols is 1. The summed E-state index contributed by atoms with van der Waals surface area (Å²) in [5.74, 6) is 0.0142. The van der Waals surface area contributed by atoms with Gasteiger partial charge in [0.1, 0.15) is 11.3 Å². The van der Waals surface area contributed by atoms with Crippen molar-refractivity contribution in [2.75, 3.05) is 19.6 Å². The van der Waals surface area contributed by atoms with Crippen molar-refractivity contribution in [1.29, 1.82) is 0 Å². The number of benzene rings is 3. The molecule has 0 saturated carbocycles. The van der Waals surface area contributed by atoms with Gasteiger partial charge < -0.3 is 25.4 Å². The number of nitrogens with zero attached hydrogens (tertiary/aromatic N) is 1. The molecule has 37 heavy (non-hydrogen) atoms. The van der Waals surface area contributed by atoms with Crippen LogP contribution in [0.4, 0.5) is 4.79 Å². The molecule has 1 atom stereocenters. The number of nitrogens with one attached hydrogen (secondary N) is 2. The van der Waals surface area contributed by atoms with Crippen LogP contribution in [0, 0.1) is 0 Å². The maximum atomic E-state index is 12.3. The number of carbonyl (C=O) groups is 1. The molecule has 1 amide bonds. The average molecular weight is 520 g/mol. The molecule has 0 saturated heterocycles. The predicted molar refractivity (Wildman–Crippen MR) is 149 cm³/mol. The zero-order valence-electron chi connectivity index (χ0n) is 21.1. The van der Waals surface area contributed by atoms with Gasteiger partial charge in [0, 0.05) is 31.1 Å². The fourth-order valence-corrected chi connectivity index (χ4v) is 5.44. The molecule has 1 aromatic heterocycles. The second kappa shape index (κ2) is 11.6. The fourth-order valence-electron chi connectivity index (χ4n) is 4.55. The number of aromatic hydroxyl groups is 1. The van der Waals surface area contributed by atoms with Crippen LogP contribution in [-0.2, 0) is 18.3 Å². The highest BCUT2D eigenvalue weighted by Gasteiger charge is 2.24. The molecule has 4 aromatic rings. The van der Waals surface area contributed by atoms with Crippen molar-refractivity contribution >= 4 is 27.6 Å². The van der Waals surface area contributed by atoms with Gasteiger partial charge in [-0.25, -0.2) is 4.79 Å². The Bertz CT molecular complexity index is 1380. The molecule has 0 aliphatic rings. The summed E-state index contributed by atoms with van der Waals surface area (Å²) in [6, 6.07) is 23.6. The Morgan fingerprint density at radius 2 is 1.73 bits per heavy atom. The van der Waals surface area contributed by atoms with Gasteiger partial charge in [-0.3, -0.25) is 4.79 Å². The molecule has 8 heteroatoms. The lowest BCUT2D eigenvalue weighted by Crippen LogP contribution is -2.48. The summed E-state index contributed by atoms with van der Waals surface area (Å²) in [4.78, 5) is 28.0. The molecule has 1 unspecified atom stereocenters. The number of aromatic amines is 1. The Kier molecular flexibility index (Phi) is 8.31. The van der Waals surface area contributed by atoms with Crippen LogP contribution in [0.15, 0.2) is 77.6 Å². The first-order valence-electron chi connectivity index (χ1n) is 12.4. The summed E-state index contributed by atoms with van der Waals surface area (Å²) in [5.41, 5.74) is 3.47. The van der Waals surface area contributed by atoms with Crippen LogP contribution in [0.1, 0.15) is 30.5 Å². The molecule has 0 spiro atoms. The monoisotopic (exact) mass is 519 g/mol. The van der Waals surface area contributed by atoms with Crippen LogP contribution in [0.5, 0.6) is 5.75 Å². The SMILES string of the molecule is CC(C)(CNC(Cc1ccccc1)CN(CCc1ccc(O)c2[nH]c(=O)sc12)C(=O)O)c1ccccc1. The van der Waals surface area contributed by atoms with E-state index in [1.807, 2.05) is 36.4 Å². The maximum absolute atomic E-state index is 12.3.